The van der Waals surface area contributed by atoms with E-state index in [1.807, 2.05) is 0 Å². The van der Waals surface area contributed by atoms with Crippen LogP contribution in [0, 0.1) is 29.1 Å². The molecule has 0 aromatic heterocycles. The molecule has 1 heterocycles. The normalized spacial score (nSPS) is 19.9. The van der Waals surface area contributed by atoms with Gasteiger partial charge in [0, 0.05) is 0 Å². The van der Waals surface area contributed by atoms with Crippen LogP contribution < -0.4 is 0 Å². The Kier molecular flexibility index (Phi) is 1.95. The van der Waals surface area contributed by atoms with Gasteiger partial charge in [-0.15, -0.1) is 0 Å². The van der Waals surface area contributed by atoms with Crippen LogP contribution in [0.4, 0.5) is 22.0 Å². The Morgan fingerprint density at radius 2 is 1.14 bits per heavy atom. The summed E-state index contributed by atoms with van der Waals surface area (Å²) in [6, 6.07) is 0. The van der Waals surface area contributed by atoms with E-state index in [0.717, 1.165) is 0 Å². The maximum atomic E-state index is 12.9. The van der Waals surface area contributed by atoms with Crippen molar-refractivity contribution >= 4 is 0 Å². The van der Waals surface area contributed by atoms with E-state index in [0.29, 0.717) is 0 Å². The standard InChI is InChI=1S/C8H3F5O/c9-4-3(2-1-14-2)5(10)7(12)8(13)6(4)11/h2H,1H2. The molecule has 14 heavy (non-hydrogen) atoms. The quantitative estimate of drug-likeness (QED) is 0.300. The molecule has 1 fully saturated rings. The van der Waals surface area contributed by atoms with Crippen molar-refractivity contribution in [3.63, 3.8) is 0 Å². The summed E-state index contributed by atoms with van der Waals surface area (Å²) in [6.07, 6.45) is -1.01. The minimum Gasteiger partial charge on any atom is -0.368 e. The van der Waals surface area contributed by atoms with Crippen molar-refractivity contribution < 1.29 is 26.7 Å². The molecule has 0 bridgehead atoms. The highest BCUT2D eigenvalue weighted by Crippen LogP contribution is 2.36. The molecular weight excluding hydrogens is 207 g/mol. The van der Waals surface area contributed by atoms with Crippen LogP contribution >= 0.6 is 0 Å². The fraction of sp³-hybridized carbons (Fsp3) is 0.250. The van der Waals surface area contributed by atoms with Crippen molar-refractivity contribution in [3.8, 4) is 0 Å². The third-order valence-electron chi connectivity index (χ3n) is 1.90. The molecule has 1 unspecified atom stereocenters. The Morgan fingerprint density at radius 1 is 0.786 bits per heavy atom. The molecule has 6 heteroatoms. The van der Waals surface area contributed by atoms with E-state index in [2.05, 4.69) is 4.74 Å². The van der Waals surface area contributed by atoms with Gasteiger partial charge in [-0.05, 0) is 0 Å². The number of hydrogen-bond acceptors (Lipinski definition) is 1. The molecule has 1 aromatic rings. The first-order valence-corrected chi connectivity index (χ1v) is 3.67. The van der Waals surface area contributed by atoms with Gasteiger partial charge in [-0.25, -0.2) is 22.0 Å². The van der Waals surface area contributed by atoms with E-state index in [-0.39, 0.29) is 6.61 Å². The predicted molar refractivity (Wildman–Crippen MR) is 34.9 cm³/mol. The highest BCUT2D eigenvalue weighted by Gasteiger charge is 2.36. The molecule has 1 nitrogen and oxygen atoms in total. The molecule has 76 valence electrons. The molecule has 0 saturated carbocycles. The van der Waals surface area contributed by atoms with Crippen LogP contribution in [0.5, 0.6) is 0 Å². The minimum atomic E-state index is -2.15. The highest BCUT2D eigenvalue weighted by atomic mass is 19.2. The summed E-state index contributed by atoms with van der Waals surface area (Å²) in [5.41, 5.74) is -0.888. The van der Waals surface area contributed by atoms with Gasteiger partial charge in [0.05, 0.1) is 12.2 Å². The second-order valence-corrected chi connectivity index (χ2v) is 2.81. The van der Waals surface area contributed by atoms with Gasteiger partial charge in [-0.2, -0.15) is 0 Å². The average Bonchev–Trinajstić information content (AvgIpc) is 2.96. The highest BCUT2D eigenvalue weighted by molar-refractivity contribution is 5.27. The fourth-order valence-corrected chi connectivity index (χ4v) is 1.12. The molecule has 1 atom stereocenters. The summed E-state index contributed by atoms with van der Waals surface area (Å²) in [5, 5.41) is 0. The molecule has 0 spiro atoms. The summed E-state index contributed by atoms with van der Waals surface area (Å²) >= 11 is 0. The molecule has 0 radical (unpaired) electrons. The largest absolute Gasteiger partial charge is 0.368 e. The van der Waals surface area contributed by atoms with Gasteiger partial charge < -0.3 is 4.74 Å². The van der Waals surface area contributed by atoms with Crippen LogP contribution in [0.1, 0.15) is 11.7 Å². The first kappa shape index (κ1) is 9.39. The smallest absolute Gasteiger partial charge is 0.200 e. The minimum absolute atomic E-state index is 0.0294. The summed E-state index contributed by atoms with van der Waals surface area (Å²) in [5.74, 6) is -9.65. The number of benzene rings is 1. The Bertz CT molecular complexity index is 370. The van der Waals surface area contributed by atoms with Gasteiger partial charge in [-0.3, -0.25) is 0 Å². The van der Waals surface area contributed by atoms with E-state index in [9.17, 15) is 22.0 Å². The Labute approximate surface area is 75.1 Å². The second-order valence-electron chi connectivity index (χ2n) is 2.81. The van der Waals surface area contributed by atoms with Gasteiger partial charge in [0.1, 0.15) is 6.10 Å². The number of epoxide rings is 1. The van der Waals surface area contributed by atoms with Crippen LogP contribution in [0.15, 0.2) is 0 Å². The molecule has 1 aliphatic heterocycles. The van der Waals surface area contributed by atoms with E-state index < -0.39 is 40.8 Å². The Hall–Kier alpha value is -1.17. The van der Waals surface area contributed by atoms with Crippen molar-refractivity contribution in [3.05, 3.63) is 34.6 Å². The van der Waals surface area contributed by atoms with Crippen molar-refractivity contribution in [2.24, 2.45) is 0 Å². The Morgan fingerprint density at radius 3 is 1.50 bits per heavy atom. The molecule has 1 aromatic carbocycles. The monoisotopic (exact) mass is 210 g/mol. The second kappa shape index (κ2) is 2.91. The molecule has 1 aliphatic rings. The lowest BCUT2D eigenvalue weighted by atomic mass is 10.1. The Balaban J connectivity index is 2.69. The molecule has 2 rings (SSSR count). The van der Waals surface area contributed by atoms with E-state index in [4.69, 9.17) is 0 Å². The van der Waals surface area contributed by atoms with E-state index in [1.165, 1.54) is 0 Å². The number of hydrogen-bond donors (Lipinski definition) is 0. The summed E-state index contributed by atoms with van der Waals surface area (Å²) < 4.78 is 67.9. The summed E-state index contributed by atoms with van der Waals surface area (Å²) in [4.78, 5) is 0. The molecular formula is C8H3F5O. The van der Waals surface area contributed by atoms with Gasteiger partial charge in [0.25, 0.3) is 0 Å². The lowest BCUT2D eigenvalue weighted by molar-refractivity contribution is 0.347. The van der Waals surface area contributed by atoms with Crippen molar-refractivity contribution in [1.82, 2.24) is 0 Å². The van der Waals surface area contributed by atoms with E-state index in [1.54, 1.807) is 0 Å². The van der Waals surface area contributed by atoms with Crippen LogP contribution in [0.3, 0.4) is 0 Å². The zero-order chi connectivity index (χ0) is 10.5. The van der Waals surface area contributed by atoms with Crippen molar-refractivity contribution in [2.75, 3.05) is 6.61 Å². The number of halogens is 5. The van der Waals surface area contributed by atoms with Crippen molar-refractivity contribution in [1.29, 1.82) is 0 Å². The molecule has 1 saturated heterocycles. The number of ether oxygens (including phenoxy) is 1. The average molecular weight is 210 g/mol. The maximum absolute atomic E-state index is 12.9. The SMILES string of the molecule is Fc1c(F)c(F)c(C2CO2)c(F)c1F. The van der Waals surface area contributed by atoms with Gasteiger partial charge >= 0.3 is 0 Å². The molecule has 0 aliphatic carbocycles. The fourth-order valence-electron chi connectivity index (χ4n) is 1.12. The number of rotatable bonds is 1. The first-order chi connectivity index (χ1) is 6.54. The summed E-state index contributed by atoms with van der Waals surface area (Å²) in [7, 11) is 0. The van der Waals surface area contributed by atoms with Crippen LogP contribution in [0.25, 0.3) is 0 Å². The maximum Gasteiger partial charge on any atom is 0.200 e. The predicted octanol–water partition coefficient (Wildman–Crippen LogP) is 2.45. The third-order valence-corrected chi connectivity index (χ3v) is 1.90. The molecule has 0 amide bonds. The van der Waals surface area contributed by atoms with Crippen molar-refractivity contribution in [2.45, 2.75) is 6.10 Å². The molecule has 0 N–H and O–H groups in total. The summed E-state index contributed by atoms with van der Waals surface area (Å²) in [6.45, 7) is -0.0294. The first-order valence-electron chi connectivity index (χ1n) is 3.67. The van der Waals surface area contributed by atoms with Crippen LogP contribution in [-0.4, -0.2) is 6.61 Å². The van der Waals surface area contributed by atoms with Crippen LogP contribution in [0.2, 0.25) is 0 Å². The topological polar surface area (TPSA) is 12.5 Å². The van der Waals surface area contributed by atoms with Gasteiger partial charge in [0.2, 0.25) is 5.82 Å². The lowest BCUT2D eigenvalue weighted by Gasteiger charge is -2.04. The zero-order valence-corrected chi connectivity index (χ0v) is 6.58. The van der Waals surface area contributed by atoms with Gasteiger partial charge in [-0.1, -0.05) is 0 Å². The van der Waals surface area contributed by atoms with Crippen LogP contribution in [-0.2, 0) is 4.74 Å². The zero-order valence-electron chi connectivity index (χ0n) is 6.58. The lowest BCUT2D eigenvalue weighted by Crippen LogP contribution is -2.06. The third kappa shape index (κ3) is 1.18. The van der Waals surface area contributed by atoms with Gasteiger partial charge in [0.15, 0.2) is 23.3 Å². The van der Waals surface area contributed by atoms with E-state index >= 15 is 0 Å².